The zero-order valence-corrected chi connectivity index (χ0v) is 13.1. The minimum atomic E-state index is 0.403. The average molecular weight is 281 g/mol. The number of ether oxygens (including phenoxy) is 1. The molecule has 0 aromatic carbocycles. The molecule has 2 rings (SSSR count). The normalized spacial score (nSPS) is 22.1. The molecule has 1 saturated heterocycles. The zero-order valence-electron chi connectivity index (χ0n) is 13.1. The monoisotopic (exact) mass is 281 g/mol. The van der Waals surface area contributed by atoms with Crippen LogP contribution in [0.25, 0.3) is 0 Å². The van der Waals surface area contributed by atoms with E-state index in [0.29, 0.717) is 5.91 Å². The van der Waals surface area contributed by atoms with Crippen molar-refractivity contribution < 1.29 is 9.53 Å². The molecule has 0 aromatic heterocycles. The first kappa shape index (κ1) is 15.8. The summed E-state index contributed by atoms with van der Waals surface area (Å²) in [7, 11) is 1.77. The molecule has 2 fully saturated rings. The molecule has 2 aliphatic rings. The Morgan fingerprint density at radius 1 is 1.00 bits per heavy atom. The van der Waals surface area contributed by atoms with Gasteiger partial charge in [0.15, 0.2) is 0 Å². The molecule has 1 saturated carbocycles. The molecule has 0 bridgehead atoms. The lowest BCUT2D eigenvalue weighted by Gasteiger charge is -2.32. The van der Waals surface area contributed by atoms with E-state index in [1.807, 2.05) is 0 Å². The van der Waals surface area contributed by atoms with Gasteiger partial charge >= 0.3 is 0 Å². The Labute approximate surface area is 124 Å². The van der Waals surface area contributed by atoms with E-state index in [9.17, 15) is 4.79 Å². The summed E-state index contributed by atoms with van der Waals surface area (Å²) in [6.45, 7) is 2.80. The second kappa shape index (κ2) is 8.66. The van der Waals surface area contributed by atoms with Gasteiger partial charge in [-0.2, -0.15) is 0 Å². The number of piperidine rings is 1. The van der Waals surface area contributed by atoms with Crippen molar-refractivity contribution in [1.29, 1.82) is 0 Å². The number of hydrogen-bond acceptors (Lipinski definition) is 2. The predicted molar refractivity (Wildman–Crippen MR) is 81.6 cm³/mol. The van der Waals surface area contributed by atoms with Crippen molar-refractivity contribution in [2.45, 2.75) is 64.2 Å². The van der Waals surface area contributed by atoms with E-state index in [4.69, 9.17) is 4.74 Å². The van der Waals surface area contributed by atoms with Gasteiger partial charge in [0.1, 0.15) is 0 Å². The average Bonchev–Trinajstić information content (AvgIpc) is 2.52. The smallest absolute Gasteiger partial charge is 0.222 e. The highest BCUT2D eigenvalue weighted by molar-refractivity contribution is 5.76. The second-order valence-corrected chi connectivity index (χ2v) is 6.65. The molecule has 1 aliphatic carbocycles. The summed E-state index contributed by atoms with van der Waals surface area (Å²) < 4.78 is 5.14. The lowest BCUT2D eigenvalue weighted by molar-refractivity contribution is -0.133. The summed E-state index contributed by atoms with van der Waals surface area (Å²) in [5.74, 6) is 1.99. The Morgan fingerprint density at radius 3 is 2.30 bits per heavy atom. The Kier molecular flexibility index (Phi) is 6.85. The van der Waals surface area contributed by atoms with Crippen LogP contribution in [-0.4, -0.2) is 37.6 Å². The third-order valence-electron chi connectivity index (χ3n) is 5.19. The van der Waals surface area contributed by atoms with Gasteiger partial charge in [-0.25, -0.2) is 0 Å². The summed E-state index contributed by atoms with van der Waals surface area (Å²) in [6.07, 6.45) is 12.3. The van der Waals surface area contributed by atoms with Crippen LogP contribution in [0.4, 0.5) is 0 Å². The number of nitrogens with zero attached hydrogens (tertiary/aromatic N) is 1. The Bertz CT molecular complexity index is 279. The van der Waals surface area contributed by atoms with Crippen molar-refractivity contribution in [3.8, 4) is 0 Å². The van der Waals surface area contributed by atoms with E-state index >= 15 is 0 Å². The van der Waals surface area contributed by atoms with Gasteiger partial charge in [0.05, 0.1) is 0 Å². The van der Waals surface area contributed by atoms with Gasteiger partial charge in [0, 0.05) is 33.2 Å². The molecule has 0 radical (unpaired) electrons. The molecule has 1 heterocycles. The van der Waals surface area contributed by atoms with Crippen molar-refractivity contribution in [3.63, 3.8) is 0 Å². The number of amides is 1. The molecule has 20 heavy (non-hydrogen) atoms. The maximum atomic E-state index is 12.3. The summed E-state index contributed by atoms with van der Waals surface area (Å²) >= 11 is 0. The van der Waals surface area contributed by atoms with E-state index in [1.54, 1.807) is 7.11 Å². The number of likely N-dealkylation sites (tertiary alicyclic amines) is 1. The van der Waals surface area contributed by atoms with Crippen LogP contribution in [0.2, 0.25) is 0 Å². The minimum absolute atomic E-state index is 0.403. The predicted octanol–water partition coefficient (Wildman–Crippen LogP) is 3.62. The zero-order chi connectivity index (χ0) is 14.2. The minimum Gasteiger partial charge on any atom is -0.385 e. The van der Waals surface area contributed by atoms with Crippen molar-refractivity contribution in [3.05, 3.63) is 0 Å². The summed E-state index contributed by atoms with van der Waals surface area (Å²) in [6, 6.07) is 0. The van der Waals surface area contributed by atoms with Gasteiger partial charge in [-0.15, -0.1) is 0 Å². The van der Waals surface area contributed by atoms with Crippen LogP contribution in [0, 0.1) is 11.8 Å². The molecular weight excluding hydrogens is 250 g/mol. The van der Waals surface area contributed by atoms with E-state index in [0.717, 1.165) is 50.8 Å². The van der Waals surface area contributed by atoms with Gasteiger partial charge in [0.2, 0.25) is 5.91 Å². The maximum Gasteiger partial charge on any atom is 0.222 e. The fourth-order valence-electron chi connectivity index (χ4n) is 3.72. The van der Waals surface area contributed by atoms with Crippen molar-refractivity contribution in [2.24, 2.45) is 11.8 Å². The largest absolute Gasteiger partial charge is 0.385 e. The third-order valence-corrected chi connectivity index (χ3v) is 5.19. The Hall–Kier alpha value is -0.570. The fraction of sp³-hybridized carbons (Fsp3) is 0.941. The fourth-order valence-corrected chi connectivity index (χ4v) is 3.72. The topological polar surface area (TPSA) is 29.5 Å². The first-order chi connectivity index (χ1) is 9.79. The molecule has 0 aromatic rings. The van der Waals surface area contributed by atoms with Gasteiger partial charge in [-0.3, -0.25) is 4.79 Å². The number of rotatable bonds is 6. The molecular formula is C17H31NO2. The molecule has 116 valence electrons. The van der Waals surface area contributed by atoms with E-state index in [2.05, 4.69) is 4.90 Å². The first-order valence-electron chi connectivity index (χ1n) is 8.56. The second-order valence-electron chi connectivity index (χ2n) is 6.65. The van der Waals surface area contributed by atoms with Crippen molar-refractivity contribution in [2.75, 3.05) is 26.8 Å². The molecule has 0 unspecified atom stereocenters. The van der Waals surface area contributed by atoms with Crippen LogP contribution in [-0.2, 0) is 9.53 Å². The Balaban J connectivity index is 1.61. The number of hydrogen-bond donors (Lipinski definition) is 0. The van der Waals surface area contributed by atoms with E-state index in [1.165, 1.54) is 44.9 Å². The number of carbonyl (C=O) groups excluding carboxylic acids is 1. The van der Waals surface area contributed by atoms with E-state index < -0.39 is 0 Å². The van der Waals surface area contributed by atoms with Gasteiger partial charge < -0.3 is 9.64 Å². The van der Waals surface area contributed by atoms with Gasteiger partial charge in [0.25, 0.3) is 0 Å². The molecule has 1 amide bonds. The standard InChI is InChI=1S/C17H31NO2/c1-20-14-11-16-9-12-18(13-10-16)17(19)8-7-15-5-3-2-4-6-15/h15-16H,2-14H2,1H3. The SMILES string of the molecule is COCCC1CCN(C(=O)CCC2CCCCC2)CC1. The van der Waals surface area contributed by atoms with Crippen LogP contribution in [0.5, 0.6) is 0 Å². The Morgan fingerprint density at radius 2 is 1.65 bits per heavy atom. The van der Waals surface area contributed by atoms with Crippen molar-refractivity contribution >= 4 is 5.91 Å². The molecule has 0 spiro atoms. The lowest BCUT2D eigenvalue weighted by atomic mass is 9.86. The quantitative estimate of drug-likeness (QED) is 0.744. The van der Waals surface area contributed by atoms with Crippen LogP contribution >= 0.6 is 0 Å². The molecule has 1 aliphatic heterocycles. The number of carbonyl (C=O) groups is 1. The van der Waals surface area contributed by atoms with Crippen LogP contribution in [0.1, 0.15) is 64.2 Å². The molecule has 3 nitrogen and oxygen atoms in total. The highest BCUT2D eigenvalue weighted by Gasteiger charge is 2.23. The van der Waals surface area contributed by atoms with Crippen LogP contribution < -0.4 is 0 Å². The number of methoxy groups -OCH3 is 1. The third kappa shape index (κ3) is 5.08. The maximum absolute atomic E-state index is 12.3. The summed E-state index contributed by atoms with van der Waals surface area (Å²) in [5.41, 5.74) is 0. The van der Waals surface area contributed by atoms with Gasteiger partial charge in [-0.05, 0) is 37.5 Å². The van der Waals surface area contributed by atoms with Crippen molar-refractivity contribution in [1.82, 2.24) is 4.90 Å². The summed E-state index contributed by atoms with van der Waals surface area (Å²) in [4.78, 5) is 14.4. The molecule has 0 atom stereocenters. The lowest BCUT2D eigenvalue weighted by Crippen LogP contribution is -2.38. The first-order valence-corrected chi connectivity index (χ1v) is 8.56. The van der Waals surface area contributed by atoms with Crippen LogP contribution in [0.3, 0.4) is 0 Å². The molecule has 0 N–H and O–H groups in total. The van der Waals surface area contributed by atoms with Crippen LogP contribution in [0.15, 0.2) is 0 Å². The van der Waals surface area contributed by atoms with Gasteiger partial charge in [-0.1, -0.05) is 32.1 Å². The summed E-state index contributed by atoms with van der Waals surface area (Å²) in [5, 5.41) is 0. The van der Waals surface area contributed by atoms with E-state index in [-0.39, 0.29) is 0 Å². The highest BCUT2D eigenvalue weighted by atomic mass is 16.5. The molecule has 3 heteroatoms. The highest BCUT2D eigenvalue weighted by Crippen LogP contribution is 2.28.